The minimum absolute atomic E-state index is 0.0280. The van der Waals surface area contributed by atoms with E-state index in [9.17, 15) is 9.90 Å². The number of phenolic OH excluding ortho intramolecular Hbond substituents is 1. The monoisotopic (exact) mass is 312 g/mol. The zero-order valence-electron chi connectivity index (χ0n) is 12.9. The van der Waals surface area contributed by atoms with E-state index in [0.29, 0.717) is 6.54 Å². The summed E-state index contributed by atoms with van der Waals surface area (Å²) in [5.41, 5.74) is 0.898. The Balaban J connectivity index is 1.48. The summed E-state index contributed by atoms with van der Waals surface area (Å²) >= 11 is 0. The van der Waals surface area contributed by atoms with Crippen LogP contribution in [0.1, 0.15) is 18.4 Å². The highest BCUT2D eigenvalue weighted by Gasteiger charge is 2.25. The van der Waals surface area contributed by atoms with E-state index in [-0.39, 0.29) is 17.6 Å². The van der Waals surface area contributed by atoms with E-state index in [1.54, 1.807) is 36.8 Å². The Morgan fingerprint density at radius 3 is 2.83 bits per heavy atom. The van der Waals surface area contributed by atoms with Gasteiger partial charge in [0.1, 0.15) is 11.6 Å². The van der Waals surface area contributed by atoms with E-state index >= 15 is 0 Å². The fourth-order valence-electron chi connectivity index (χ4n) is 2.83. The van der Waals surface area contributed by atoms with E-state index in [1.165, 1.54) is 0 Å². The first kappa shape index (κ1) is 15.3. The first-order valence-corrected chi connectivity index (χ1v) is 7.79. The van der Waals surface area contributed by atoms with Crippen LogP contribution in [-0.2, 0) is 11.3 Å². The van der Waals surface area contributed by atoms with Crippen molar-refractivity contribution in [1.82, 2.24) is 15.3 Å². The molecule has 3 rings (SSSR count). The molecule has 0 aliphatic carbocycles. The number of hydrogen-bond donors (Lipinski definition) is 2. The fraction of sp³-hybridized carbons (Fsp3) is 0.353. The molecule has 2 heterocycles. The van der Waals surface area contributed by atoms with Crippen LogP contribution in [-0.4, -0.2) is 34.1 Å². The van der Waals surface area contributed by atoms with Crippen LogP contribution < -0.4 is 10.2 Å². The molecule has 1 aromatic heterocycles. The van der Waals surface area contributed by atoms with Crippen LogP contribution in [0.2, 0.25) is 0 Å². The molecule has 0 saturated carbocycles. The van der Waals surface area contributed by atoms with Crippen molar-refractivity contribution in [1.29, 1.82) is 0 Å². The predicted octanol–water partition coefficient (Wildman–Crippen LogP) is 1.71. The molecule has 0 radical (unpaired) electrons. The van der Waals surface area contributed by atoms with Crippen LogP contribution in [0.15, 0.2) is 42.9 Å². The van der Waals surface area contributed by atoms with Gasteiger partial charge in [-0.05, 0) is 30.5 Å². The summed E-state index contributed by atoms with van der Waals surface area (Å²) in [5.74, 6) is 1.19. The minimum atomic E-state index is 0.0280. The zero-order chi connectivity index (χ0) is 16.1. The number of rotatable bonds is 4. The number of nitrogens with one attached hydrogen (secondary N) is 1. The number of aromatic hydroxyl groups is 1. The largest absolute Gasteiger partial charge is 0.508 e. The molecule has 1 fully saturated rings. The second-order valence-corrected chi connectivity index (χ2v) is 5.71. The number of benzene rings is 1. The lowest BCUT2D eigenvalue weighted by molar-refractivity contribution is -0.125. The van der Waals surface area contributed by atoms with Crippen molar-refractivity contribution < 1.29 is 9.90 Å². The molecule has 0 bridgehead atoms. The number of hydrogen-bond acceptors (Lipinski definition) is 5. The third-order valence-corrected chi connectivity index (χ3v) is 4.12. The summed E-state index contributed by atoms with van der Waals surface area (Å²) in [6.07, 6.45) is 6.71. The van der Waals surface area contributed by atoms with E-state index < -0.39 is 0 Å². The van der Waals surface area contributed by atoms with Crippen molar-refractivity contribution in [2.24, 2.45) is 5.92 Å². The van der Waals surface area contributed by atoms with E-state index in [2.05, 4.69) is 20.2 Å². The van der Waals surface area contributed by atoms with Gasteiger partial charge in [-0.1, -0.05) is 12.1 Å². The summed E-state index contributed by atoms with van der Waals surface area (Å²) in [4.78, 5) is 22.8. The average Bonchev–Trinajstić information content (AvgIpc) is 2.61. The molecular weight excluding hydrogens is 292 g/mol. The predicted molar refractivity (Wildman–Crippen MR) is 86.9 cm³/mol. The molecular formula is C17H20N4O2. The first-order chi connectivity index (χ1) is 11.2. The van der Waals surface area contributed by atoms with Crippen molar-refractivity contribution in [2.45, 2.75) is 19.4 Å². The SMILES string of the molecule is O=C(NCc1cccc(O)c1)C1CCN(c2cnccn2)CC1. The Morgan fingerprint density at radius 1 is 1.30 bits per heavy atom. The van der Waals surface area contributed by atoms with Gasteiger partial charge in [-0.25, -0.2) is 4.98 Å². The smallest absolute Gasteiger partial charge is 0.223 e. The Kier molecular flexibility index (Phi) is 4.71. The van der Waals surface area contributed by atoms with Crippen molar-refractivity contribution in [3.8, 4) is 5.75 Å². The van der Waals surface area contributed by atoms with Gasteiger partial charge in [0.05, 0.1) is 6.20 Å². The maximum Gasteiger partial charge on any atom is 0.223 e. The van der Waals surface area contributed by atoms with E-state index in [4.69, 9.17) is 0 Å². The second-order valence-electron chi connectivity index (χ2n) is 5.71. The Bertz CT molecular complexity index is 655. The number of carbonyl (C=O) groups excluding carboxylic acids is 1. The van der Waals surface area contributed by atoms with Crippen LogP contribution in [0.25, 0.3) is 0 Å². The van der Waals surface area contributed by atoms with Crippen LogP contribution >= 0.6 is 0 Å². The van der Waals surface area contributed by atoms with Gasteiger partial charge in [-0.15, -0.1) is 0 Å². The quantitative estimate of drug-likeness (QED) is 0.898. The molecule has 0 unspecified atom stereocenters. The molecule has 120 valence electrons. The lowest BCUT2D eigenvalue weighted by Crippen LogP contribution is -2.40. The average molecular weight is 312 g/mol. The first-order valence-electron chi connectivity index (χ1n) is 7.79. The van der Waals surface area contributed by atoms with Gasteiger partial charge in [-0.2, -0.15) is 0 Å². The van der Waals surface area contributed by atoms with Gasteiger partial charge in [0.25, 0.3) is 0 Å². The van der Waals surface area contributed by atoms with Gasteiger partial charge in [-0.3, -0.25) is 9.78 Å². The van der Waals surface area contributed by atoms with Gasteiger partial charge in [0, 0.05) is 37.9 Å². The molecule has 1 aromatic carbocycles. The standard InChI is InChI=1S/C17H20N4O2/c22-15-3-1-2-13(10-15)11-20-17(23)14-4-8-21(9-5-14)16-12-18-6-7-19-16/h1-3,6-7,10,12,14,22H,4-5,8-9,11H2,(H,20,23). The molecule has 6 nitrogen and oxygen atoms in total. The maximum absolute atomic E-state index is 12.3. The molecule has 23 heavy (non-hydrogen) atoms. The Labute approximate surface area is 135 Å². The molecule has 1 aliphatic rings. The normalized spacial score (nSPS) is 15.4. The maximum atomic E-state index is 12.3. The molecule has 2 N–H and O–H groups in total. The molecule has 6 heteroatoms. The number of phenols is 1. The van der Waals surface area contributed by atoms with Crippen LogP contribution in [0.3, 0.4) is 0 Å². The molecule has 1 aliphatic heterocycles. The third-order valence-electron chi connectivity index (χ3n) is 4.12. The number of amides is 1. The second kappa shape index (κ2) is 7.09. The van der Waals surface area contributed by atoms with Crippen molar-refractivity contribution in [2.75, 3.05) is 18.0 Å². The third kappa shape index (κ3) is 3.97. The number of carbonyl (C=O) groups is 1. The van der Waals surface area contributed by atoms with Gasteiger partial charge >= 0.3 is 0 Å². The summed E-state index contributed by atoms with van der Waals surface area (Å²) in [6.45, 7) is 2.06. The van der Waals surface area contributed by atoms with Gasteiger partial charge in [0.2, 0.25) is 5.91 Å². The number of aromatic nitrogens is 2. The number of nitrogens with zero attached hydrogens (tertiary/aromatic N) is 3. The Hall–Kier alpha value is -2.63. The molecule has 1 amide bonds. The van der Waals surface area contributed by atoms with Crippen LogP contribution in [0.4, 0.5) is 5.82 Å². The van der Waals surface area contributed by atoms with E-state index in [0.717, 1.165) is 37.3 Å². The lowest BCUT2D eigenvalue weighted by Gasteiger charge is -2.31. The Morgan fingerprint density at radius 2 is 2.13 bits per heavy atom. The van der Waals surface area contributed by atoms with Gasteiger partial charge < -0.3 is 15.3 Å². The summed E-state index contributed by atoms with van der Waals surface area (Å²) in [6, 6.07) is 6.94. The zero-order valence-corrected chi connectivity index (χ0v) is 12.9. The van der Waals surface area contributed by atoms with Crippen molar-refractivity contribution in [3.63, 3.8) is 0 Å². The highest BCUT2D eigenvalue weighted by molar-refractivity contribution is 5.79. The van der Waals surface area contributed by atoms with Crippen molar-refractivity contribution >= 4 is 11.7 Å². The van der Waals surface area contributed by atoms with E-state index in [1.807, 2.05) is 6.07 Å². The highest BCUT2D eigenvalue weighted by Crippen LogP contribution is 2.21. The van der Waals surface area contributed by atoms with Crippen LogP contribution in [0.5, 0.6) is 5.75 Å². The highest BCUT2D eigenvalue weighted by atomic mass is 16.3. The summed E-state index contributed by atoms with van der Waals surface area (Å²) in [5, 5.41) is 12.4. The van der Waals surface area contributed by atoms with Gasteiger partial charge in [0.15, 0.2) is 0 Å². The molecule has 2 aromatic rings. The topological polar surface area (TPSA) is 78.4 Å². The molecule has 1 saturated heterocycles. The fourth-order valence-corrected chi connectivity index (χ4v) is 2.83. The van der Waals surface area contributed by atoms with Crippen molar-refractivity contribution in [3.05, 3.63) is 48.4 Å². The lowest BCUT2D eigenvalue weighted by atomic mass is 9.96. The van der Waals surface area contributed by atoms with Crippen LogP contribution in [0, 0.1) is 5.92 Å². The minimum Gasteiger partial charge on any atom is -0.508 e. The number of anilines is 1. The summed E-state index contributed by atoms with van der Waals surface area (Å²) < 4.78 is 0. The summed E-state index contributed by atoms with van der Waals surface area (Å²) in [7, 11) is 0. The molecule has 0 atom stereocenters. The molecule has 0 spiro atoms. The number of piperidine rings is 1.